The van der Waals surface area contributed by atoms with Crippen LogP contribution in [0.2, 0.25) is 0 Å². The molecule has 0 aliphatic carbocycles. The summed E-state index contributed by atoms with van der Waals surface area (Å²) in [6.45, 7) is 4.25. The number of ketones is 1. The van der Waals surface area contributed by atoms with Crippen LogP contribution in [0.15, 0.2) is 95.6 Å². The normalized spacial score (nSPS) is 11.0. The fraction of sp³-hybridized carbons (Fsp3) is 0.138. The van der Waals surface area contributed by atoms with Crippen LogP contribution in [0.25, 0.3) is 28.2 Å². The number of rotatable bonds is 8. The minimum Gasteiger partial charge on any atom is -0.369 e. The third-order valence-corrected chi connectivity index (χ3v) is 5.84. The lowest BCUT2D eigenvalue weighted by Gasteiger charge is -2.09. The number of benzene rings is 3. The van der Waals surface area contributed by atoms with Gasteiger partial charge in [-0.2, -0.15) is 0 Å². The van der Waals surface area contributed by atoms with Crippen molar-refractivity contribution < 1.29 is 14.1 Å². The number of hydrogen-bond acceptors (Lipinski definition) is 5. The molecule has 5 aromatic rings. The van der Waals surface area contributed by atoms with Gasteiger partial charge in [0, 0.05) is 23.0 Å². The Labute approximate surface area is 203 Å². The van der Waals surface area contributed by atoms with Gasteiger partial charge in [0.05, 0.1) is 17.9 Å². The van der Waals surface area contributed by atoms with Gasteiger partial charge in [0.1, 0.15) is 23.9 Å². The second-order valence-corrected chi connectivity index (χ2v) is 8.32. The minimum absolute atomic E-state index is 0.0295. The quantitative estimate of drug-likeness (QED) is 0.248. The molecule has 0 atom stereocenters. The van der Waals surface area contributed by atoms with Crippen LogP contribution in [0.3, 0.4) is 0 Å². The largest absolute Gasteiger partial charge is 0.369 e. The molecule has 0 saturated heterocycles. The van der Waals surface area contributed by atoms with Crippen LogP contribution in [-0.2, 0) is 18.0 Å². The molecule has 5 rings (SSSR count). The van der Waals surface area contributed by atoms with E-state index in [0.29, 0.717) is 24.5 Å². The van der Waals surface area contributed by atoms with Crippen molar-refractivity contribution in [3.8, 4) is 28.2 Å². The van der Waals surface area contributed by atoms with Crippen LogP contribution in [-0.4, -0.2) is 20.5 Å². The maximum atomic E-state index is 11.7. The van der Waals surface area contributed by atoms with Gasteiger partial charge >= 0.3 is 0 Å². The van der Waals surface area contributed by atoms with E-state index >= 15 is 0 Å². The average Bonchev–Trinajstić information content (AvgIpc) is 3.48. The van der Waals surface area contributed by atoms with Gasteiger partial charge < -0.3 is 13.8 Å². The molecule has 174 valence electrons. The molecule has 2 heterocycles. The molecular weight excluding hydrogens is 438 g/mol. The van der Waals surface area contributed by atoms with Crippen LogP contribution < -0.4 is 0 Å². The Bertz CT molecular complexity index is 1440. The van der Waals surface area contributed by atoms with Crippen LogP contribution in [0.1, 0.15) is 34.4 Å². The number of aryl methyl sites for hydroxylation is 1. The van der Waals surface area contributed by atoms with E-state index in [0.717, 1.165) is 39.6 Å². The van der Waals surface area contributed by atoms with Crippen LogP contribution >= 0.6 is 0 Å². The molecule has 0 aliphatic rings. The Kier molecular flexibility index (Phi) is 6.37. The SMILES string of the molecule is CC(=O)c1ccc(-n2cc(-c3c(-c4ccccc4)noc3C)nc2COCc2ccccc2)cc1. The predicted octanol–water partition coefficient (Wildman–Crippen LogP) is 6.42. The fourth-order valence-corrected chi connectivity index (χ4v) is 4.02. The molecule has 0 saturated carbocycles. The van der Waals surface area contributed by atoms with Gasteiger partial charge in [0.15, 0.2) is 5.78 Å². The van der Waals surface area contributed by atoms with Gasteiger partial charge in [-0.05, 0) is 43.7 Å². The summed E-state index contributed by atoms with van der Waals surface area (Å²) < 4.78 is 13.6. The minimum atomic E-state index is 0.0295. The smallest absolute Gasteiger partial charge is 0.159 e. The van der Waals surface area contributed by atoms with Gasteiger partial charge in [-0.25, -0.2) is 4.98 Å². The maximum Gasteiger partial charge on any atom is 0.159 e. The molecule has 3 aromatic carbocycles. The summed E-state index contributed by atoms with van der Waals surface area (Å²) in [5.74, 6) is 1.46. The van der Waals surface area contributed by atoms with E-state index in [1.807, 2.05) is 103 Å². The van der Waals surface area contributed by atoms with E-state index in [9.17, 15) is 4.79 Å². The monoisotopic (exact) mass is 463 g/mol. The van der Waals surface area contributed by atoms with Crippen LogP contribution in [0.4, 0.5) is 0 Å². The van der Waals surface area contributed by atoms with E-state index in [1.54, 1.807) is 6.92 Å². The predicted molar refractivity (Wildman–Crippen MR) is 134 cm³/mol. The first kappa shape index (κ1) is 22.5. The van der Waals surface area contributed by atoms with Crippen molar-refractivity contribution in [2.45, 2.75) is 27.1 Å². The van der Waals surface area contributed by atoms with Gasteiger partial charge in [0.25, 0.3) is 0 Å². The second kappa shape index (κ2) is 9.91. The molecule has 0 bridgehead atoms. The highest BCUT2D eigenvalue weighted by atomic mass is 16.5. The number of nitrogens with zero attached hydrogens (tertiary/aromatic N) is 3. The lowest BCUT2D eigenvalue weighted by molar-refractivity contribution is 0.101. The summed E-state index contributed by atoms with van der Waals surface area (Å²) in [5.41, 5.74) is 5.95. The fourth-order valence-electron chi connectivity index (χ4n) is 4.02. The highest BCUT2D eigenvalue weighted by Crippen LogP contribution is 2.34. The zero-order chi connectivity index (χ0) is 24.2. The number of imidazole rings is 1. The molecule has 0 N–H and O–H groups in total. The third kappa shape index (κ3) is 4.83. The van der Waals surface area contributed by atoms with E-state index < -0.39 is 0 Å². The van der Waals surface area contributed by atoms with E-state index in [4.69, 9.17) is 14.2 Å². The molecular formula is C29H25N3O3. The summed E-state index contributed by atoms with van der Waals surface area (Å²) >= 11 is 0. The van der Waals surface area contributed by atoms with Crippen molar-refractivity contribution >= 4 is 5.78 Å². The lowest BCUT2D eigenvalue weighted by atomic mass is 10.0. The number of ether oxygens (including phenoxy) is 1. The number of aromatic nitrogens is 3. The first-order chi connectivity index (χ1) is 17.1. The molecule has 0 fully saturated rings. The van der Waals surface area contributed by atoms with Crippen molar-refractivity contribution in [2.24, 2.45) is 0 Å². The zero-order valence-corrected chi connectivity index (χ0v) is 19.6. The molecule has 6 nitrogen and oxygen atoms in total. The highest BCUT2D eigenvalue weighted by Gasteiger charge is 2.21. The third-order valence-electron chi connectivity index (χ3n) is 5.84. The van der Waals surface area contributed by atoms with Crippen molar-refractivity contribution in [3.63, 3.8) is 0 Å². The Morgan fingerprint density at radius 2 is 1.60 bits per heavy atom. The molecule has 0 aliphatic heterocycles. The van der Waals surface area contributed by atoms with Crippen LogP contribution in [0, 0.1) is 6.92 Å². The molecule has 0 amide bonds. The van der Waals surface area contributed by atoms with Crippen LogP contribution in [0.5, 0.6) is 0 Å². The highest BCUT2D eigenvalue weighted by molar-refractivity contribution is 5.94. The number of hydrogen-bond donors (Lipinski definition) is 0. The Hall–Kier alpha value is -4.29. The Morgan fingerprint density at radius 3 is 2.29 bits per heavy atom. The van der Waals surface area contributed by atoms with Crippen molar-refractivity contribution in [3.05, 3.63) is 114 Å². The summed E-state index contributed by atoms with van der Waals surface area (Å²) in [6.07, 6.45) is 1.97. The standard InChI is InChI=1S/C29H25N3O3/c1-20(33)23-13-15-25(16-14-23)32-17-26(30-27(32)19-34-18-22-9-5-3-6-10-22)28-21(2)35-31-29(28)24-11-7-4-8-12-24/h3-17H,18-19H2,1-2H3. The second-order valence-electron chi connectivity index (χ2n) is 8.32. The summed E-state index contributed by atoms with van der Waals surface area (Å²) in [5, 5.41) is 4.31. The Morgan fingerprint density at radius 1 is 0.914 bits per heavy atom. The summed E-state index contributed by atoms with van der Waals surface area (Å²) in [4.78, 5) is 16.7. The summed E-state index contributed by atoms with van der Waals surface area (Å²) in [6, 6.07) is 27.4. The topological polar surface area (TPSA) is 70.2 Å². The van der Waals surface area contributed by atoms with Gasteiger partial charge in [-0.15, -0.1) is 0 Å². The molecule has 6 heteroatoms. The molecule has 2 aromatic heterocycles. The molecule has 35 heavy (non-hydrogen) atoms. The van der Waals surface area contributed by atoms with E-state index in [1.165, 1.54) is 0 Å². The van der Waals surface area contributed by atoms with Crippen molar-refractivity contribution in [1.82, 2.24) is 14.7 Å². The first-order valence-electron chi connectivity index (χ1n) is 11.4. The number of carbonyl (C=O) groups excluding carboxylic acids is 1. The maximum absolute atomic E-state index is 11.7. The van der Waals surface area contributed by atoms with Crippen molar-refractivity contribution in [2.75, 3.05) is 0 Å². The van der Waals surface area contributed by atoms with Gasteiger partial charge in [-0.1, -0.05) is 65.8 Å². The van der Waals surface area contributed by atoms with E-state index in [-0.39, 0.29) is 5.78 Å². The Balaban J connectivity index is 1.53. The lowest BCUT2D eigenvalue weighted by Crippen LogP contribution is -2.04. The molecule has 0 spiro atoms. The molecule has 0 radical (unpaired) electrons. The summed E-state index contributed by atoms with van der Waals surface area (Å²) in [7, 11) is 0. The number of carbonyl (C=O) groups is 1. The van der Waals surface area contributed by atoms with E-state index in [2.05, 4.69) is 5.16 Å². The zero-order valence-electron chi connectivity index (χ0n) is 19.6. The number of Topliss-reactive ketones (excluding diaryl/α,β-unsaturated/α-hetero) is 1. The van der Waals surface area contributed by atoms with Gasteiger partial charge in [-0.3, -0.25) is 4.79 Å². The van der Waals surface area contributed by atoms with Gasteiger partial charge in [0.2, 0.25) is 0 Å². The average molecular weight is 464 g/mol. The molecule has 0 unspecified atom stereocenters. The first-order valence-corrected chi connectivity index (χ1v) is 11.4. The van der Waals surface area contributed by atoms with Crippen molar-refractivity contribution in [1.29, 1.82) is 0 Å².